The second-order valence-electron chi connectivity index (χ2n) is 6.07. The number of anilines is 1. The average Bonchev–Trinajstić information content (AvgIpc) is 3.01. The lowest BCUT2D eigenvalue weighted by Gasteiger charge is -2.36. The smallest absolute Gasteiger partial charge is 0.161 e. The molecular formula is C17H17F2N5. The van der Waals surface area contributed by atoms with Crippen LogP contribution in [-0.4, -0.2) is 26.3 Å². The number of piperidine rings is 1. The molecule has 3 heterocycles. The van der Waals surface area contributed by atoms with Crippen LogP contribution >= 0.6 is 0 Å². The molecule has 1 aromatic carbocycles. The molecule has 0 N–H and O–H groups in total. The number of hydrogen-bond acceptors (Lipinski definition) is 4. The van der Waals surface area contributed by atoms with E-state index in [1.54, 1.807) is 12.4 Å². The number of fused-ring (bicyclic) bond motifs is 1. The van der Waals surface area contributed by atoms with E-state index in [0.29, 0.717) is 16.9 Å². The third kappa shape index (κ3) is 2.50. The summed E-state index contributed by atoms with van der Waals surface area (Å²) in [7, 11) is 1.92. The summed E-state index contributed by atoms with van der Waals surface area (Å²) in [5.74, 6) is -1.13. The molecular weight excluding hydrogens is 312 g/mol. The molecule has 124 valence electrons. The summed E-state index contributed by atoms with van der Waals surface area (Å²) in [5, 5.41) is 4.25. The van der Waals surface area contributed by atoms with Crippen LogP contribution in [0.25, 0.3) is 11.0 Å². The monoisotopic (exact) mass is 329 g/mol. The Hall–Kier alpha value is -2.57. The van der Waals surface area contributed by atoms with Crippen molar-refractivity contribution < 1.29 is 8.78 Å². The lowest BCUT2D eigenvalue weighted by molar-refractivity contribution is 0.447. The number of hydrogen-bond donors (Lipinski definition) is 0. The first-order valence-electron chi connectivity index (χ1n) is 8.00. The Balaban J connectivity index is 1.76. The molecule has 0 bridgehead atoms. The van der Waals surface area contributed by atoms with E-state index in [1.807, 2.05) is 17.8 Å². The summed E-state index contributed by atoms with van der Waals surface area (Å²) in [6.07, 6.45) is 6.61. The SMILES string of the molecule is Cn1nccc1[C@@H]1CCCCN1c1cnc2cc(F)c(F)cc2n1. The Morgan fingerprint density at radius 1 is 1.12 bits per heavy atom. The fourth-order valence-corrected chi connectivity index (χ4v) is 3.36. The molecule has 1 aliphatic heterocycles. The fraction of sp³-hybridized carbons (Fsp3) is 0.353. The van der Waals surface area contributed by atoms with Crippen molar-refractivity contribution >= 4 is 16.9 Å². The summed E-state index contributed by atoms with van der Waals surface area (Å²) in [5.41, 5.74) is 1.83. The van der Waals surface area contributed by atoms with Crippen LogP contribution in [0.2, 0.25) is 0 Å². The van der Waals surface area contributed by atoms with Crippen molar-refractivity contribution in [3.63, 3.8) is 0 Å². The van der Waals surface area contributed by atoms with Gasteiger partial charge in [-0.3, -0.25) is 9.67 Å². The summed E-state index contributed by atoms with van der Waals surface area (Å²) in [6, 6.07) is 4.34. The molecule has 1 aliphatic rings. The summed E-state index contributed by atoms with van der Waals surface area (Å²) < 4.78 is 28.7. The van der Waals surface area contributed by atoms with Gasteiger partial charge in [-0.25, -0.2) is 13.8 Å². The fourth-order valence-electron chi connectivity index (χ4n) is 3.36. The highest BCUT2D eigenvalue weighted by atomic mass is 19.2. The molecule has 0 radical (unpaired) electrons. The molecule has 0 saturated carbocycles. The number of benzene rings is 1. The van der Waals surface area contributed by atoms with Gasteiger partial charge in [0.15, 0.2) is 11.6 Å². The molecule has 1 atom stereocenters. The largest absolute Gasteiger partial charge is 0.347 e. The third-order valence-electron chi connectivity index (χ3n) is 4.57. The van der Waals surface area contributed by atoms with Crippen LogP contribution in [0.1, 0.15) is 31.0 Å². The second-order valence-corrected chi connectivity index (χ2v) is 6.07. The van der Waals surface area contributed by atoms with Gasteiger partial charge < -0.3 is 4.90 Å². The summed E-state index contributed by atoms with van der Waals surface area (Å²) in [6.45, 7) is 0.847. The van der Waals surface area contributed by atoms with E-state index >= 15 is 0 Å². The first-order chi connectivity index (χ1) is 11.6. The molecule has 4 rings (SSSR count). The van der Waals surface area contributed by atoms with Crippen molar-refractivity contribution in [1.29, 1.82) is 0 Å². The zero-order chi connectivity index (χ0) is 16.7. The van der Waals surface area contributed by atoms with Crippen molar-refractivity contribution in [3.05, 3.63) is 47.9 Å². The molecule has 0 unspecified atom stereocenters. The Bertz CT molecular complexity index is 892. The topological polar surface area (TPSA) is 46.8 Å². The molecule has 24 heavy (non-hydrogen) atoms. The van der Waals surface area contributed by atoms with E-state index in [9.17, 15) is 8.78 Å². The Kier molecular flexibility index (Phi) is 3.63. The molecule has 1 fully saturated rings. The van der Waals surface area contributed by atoms with Crippen molar-refractivity contribution in [2.24, 2.45) is 7.05 Å². The van der Waals surface area contributed by atoms with E-state index in [0.717, 1.165) is 43.6 Å². The first kappa shape index (κ1) is 15.0. The van der Waals surface area contributed by atoms with Gasteiger partial charge in [0.25, 0.3) is 0 Å². The van der Waals surface area contributed by atoms with E-state index in [2.05, 4.69) is 20.0 Å². The van der Waals surface area contributed by atoms with Gasteiger partial charge in [0, 0.05) is 31.9 Å². The van der Waals surface area contributed by atoms with Gasteiger partial charge in [0.05, 0.1) is 29.0 Å². The van der Waals surface area contributed by atoms with E-state index in [1.165, 1.54) is 0 Å². The van der Waals surface area contributed by atoms with Crippen LogP contribution in [0.5, 0.6) is 0 Å². The van der Waals surface area contributed by atoms with Crippen molar-refractivity contribution in [3.8, 4) is 0 Å². The normalized spacial score (nSPS) is 18.3. The first-order valence-corrected chi connectivity index (χ1v) is 8.00. The zero-order valence-electron chi connectivity index (χ0n) is 13.3. The molecule has 0 spiro atoms. The van der Waals surface area contributed by atoms with Crippen molar-refractivity contribution in [2.75, 3.05) is 11.4 Å². The van der Waals surface area contributed by atoms with Gasteiger partial charge >= 0.3 is 0 Å². The lowest BCUT2D eigenvalue weighted by Crippen LogP contribution is -2.35. The van der Waals surface area contributed by atoms with Crippen LogP contribution in [0, 0.1) is 11.6 Å². The Morgan fingerprint density at radius 3 is 2.67 bits per heavy atom. The lowest BCUT2D eigenvalue weighted by atomic mass is 9.99. The Labute approximate surface area is 137 Å². The second kappa shape index (κ2) is 5.81. The van der Waals surface area contributed by atoms with Gasteiger partial charge in [0.2, 0.25) is 0 Å². The maximum atomic E-state index is 13.5. The number of aryl methyl sites for hydroxylation is 1. The zero-order valence-corrected chi connectivity index (χ0v) is 13.3. The van der Waals surface area contributed by atoms with Crippen LogP contribution in [0.4, 0.5) is 14.6 Å². The minimum atomic E-state index is -0.907. The maximum absolute atomic E-state index is 13.5. The van der Waals surface area contributed by atoms with Gasteiger partial charge in [-0.05, 0) is 25.3 Å². The highest BCUT2D eigenvalue weighted by molar-refractivity contribution is 5.75. The van der Waals surface area contributed by atoms with Crippen molar-refractivity contribution in [1.82, 2.24) is 19.7 Å². The van der Waals surface area contributed by atoms with Gasteiger partial charge in [-0.15, -0.1) is 0 Å². The van der Waals surface area contributed by atoms with Crippen LogP contribution in [-0.2, 0) is 7.05 Å². The molecule has 2 aromatic heterocycles. The minimum Gasteiger partial charge on any atom is -0.347 e. The summed E-state index contributed by atoms with van der Waals surface area (Å²) >= 11 is 0. The van der Waals surface area contributed by atoms with Gasteiger partial charge in [-0.2, -0.15) is 5.10 Å². The van der Waals surface area contributed by atoms with Crippen LogP contribution < -0.4 is 4.90 Å². The summed E-state index contributed by atoms with van der Waals surface area (Å²) in [4.78, 5) is 11.0. The molecule has 5 nitrogen and oxygen atoms in total. The molecule has 1 saturated heterocycles. The molecule has 0 aliphatic carbocycles. The number of aromatic nitrogens is 4. The molecule has 7 heteroatoms. The van der Waals surface area contributed by atoms with Crippen molar-refractivity contribution in [2.45, 2.75) is 25.3 Å². The predicted molar refractivity (Wildman–Crippen MR) is 86.6 cm³/mol. The standard InChI is InChI=1S/C17H17F2N5/c1-23-15(5-6-21-23)16-4-2-3-7-24(16)17-10-20-13-8-11(18)12(19)9-14(13)22-17/h5-6,8-10,16H,2-4,7H2,1H3/t16-/m0/s1. The van der Waals surface area contributed by atoms with E-state index in [-0.39, 0.29) is 6.04 Å². The van der Waals surface area contributed by atoms with Crippen LogP contribution in [0.15, 0.2) is 30.6 Å². The predicted octanol–water partition coefficient (Wildman–Crippen LogP) is 3.37. The molecule has 0 amide bonds. The number of rotatable bonds is 2. The number of halogens is 2. The average molecular weight is 329 g/mol. The Morgan fingerprint density at radius 2 is 1.92 bits per heavy atom. The van der Waals surface area contributed by atoms with Gasteiger partial charge in [0.1, 0.15) is 5.82 Å². The third-order valence-corrected chi connectivity index (χ3v) is 4.57. The van der Waals surface area contributed by atoms with Crippen LogP contribution in [0.3, 0.4) is 0 Å². The van der Waals surface area contributed by atoms with E-state index < -0.39 is 11.6 Å². The number of nitrogens with zero attached hydrogens (tertiary/aromatic N) is 5. The maximum Gasteiger partial charge on any atom is 0.161 e. The molecule has 3 aromatic rings. The minimum absolute atomic E-state index is 0.156. The highest BCUT2D eigenvalue weighted by Gasteiger charge is 2.27. The van der Waals surface area contributed by atoms with E-state index in [4.69, 9.17) is 0 Å². The highest BCUT2D eigenvalue weighted by Crippen LogP contribution is 2.34. The van der Waals surface area contributed by atoms with Gasteiger partial charge in [-0.1, -0.05) is 0 Å². The quantitative estimate of drug-likeness (QED) is 0.723.